The summed E-state index contributed by atoms with van der Waals surface area (Å²) in [5.41, 5.74) is 9.42. The van der Waals surface area contributed by atoms with Gasteiger partial charge in [-0.1, -0.05) is 6.07 Å². The second-order valence-corrected chi connectivity index (χ2v) is 4.11. The Hall–Kier alpha value is -1.35. The minimum atomic E-state index is 0.371. The van der Waals surface area contributed by atoms with Gasteiger partial charge in [-0.3, -0.25) is 0 Å². The highest BCUT2D eigenvalue weighted by atomic mass is 15.0. The van der Waals surface area contributed by atoms with Crippen molar-refractivity contribution >= 4 is 11.0 Å². The number of aryl methyl sites for hydroxylation is 1. The summed E-state index contributed by atoms with van der Waals surface area (Å²) < 4.78 is 2.03. The van der Waals surface area contributed by atoms with Crippen molar-refractivity contribution in [3.05, 3.63) is 30.1 Å². The standard InChI is InChI=1S/C11H13N3/c1-14-6-13-10-4-7(2-3-11(10)14)8-5-9(8)12/h2-4,6,8-9H,5,12H2,1H3/t8-,9+/m0/s1. The molecular formula is C11H13N3. The van der Waals surface area contributed by atoms with Crippen molar-refractivity contribution in [3.63, 3.8) is 0 Å². The first-order valence-corrected chi connectivity index (χ1v) is 4.92. The molecule has 0 unspecified atom stereocenters. The van der Waals surface area contributed by atoms with E-state index in [-0.39, 0.29) is 0 Å². The topological polar surface area (TPSA) is 43.8 Å². The van der Waals surface area contributed by atoms with Crippen LogP contribution in [0.25, 0.3) is 11.0 Å². The van der Waals surface area contributed by atoms with Crippen LogP contribution in [0.3, 0.4) is 0 Å². The van der Waals surface area contributed by atoms with Crippen LogP contribution in [0.1, 0.15) is 17.9 Å². The van der Waals surface area contributed by atoms with Gasteiger partial charge in [-0.05, 0) is 24.1 Å². The van der Waals surface area contributed by atoms with Gasteiger partial charge in [0.2, 0.25) is 0 Å². The van der Waals surface area contributed by atoms with Crippen LogP contribution in [0.5, 0.6) is 0 Å². The van der Waals surface area contributed by atoms with Crippen LogP contribution in [0.15, 0.2) is 24.5 Å². The van der Waals surface area contributed by atoms with E-state index in [9.17, 15) is 0 Å². The summed E-state index contributed by atoms with van der Waals surface area (Å²) in [6.45, 7) is 0. The van der Waals surface area contributed by atoms with Crippen molar-refractivity contribution in [2.24, 2.45) is 12.8 Å². The highest BCUT2D eigenvalue weighted by Crippen LogP contribution is 2.39. The summed E-state index contributed by atoms with van der Waals surface area (Å²) in [5.74, 6) is 0.571. The molecule has 0 spiro atoms. The van der Waals surface area contributed by atoms with E-state index in [0.717, 1.165) is 11.9 Å². The minimum Gasteiger partial charge on any atom is -0.334 e. The molecule has 1 heterocycles. The van der Waals surface area contributed by atoms with Gasteiger partial charge < -0.3 is 10.3 Å². The van der Waals surface area contributed by atoms with Gasteiger partial charge >= 0.3 is 0 Å². The van der Waals surface area contributed by atoms with E-state index in [1.54, 1.807) is 0 Å². The number of aromatic nitrogens is 2. The van der Waals surface area contributed by atoms with E-state index in [4.69, 9.17) is 5.73 Å². The van der Waals surface area contributed by atoms with Crippen LogP contribution >= 0.6 is 0 Å². The molecule has 2 aromatic rings. The molecule has 1 aliphatic carbocycles. The number of hydrogen-bond acceptors (Lipinski definition) is 2. The van der Waals surface area contributed by atoms with Crippen LogP contribution in [0.2, 0.25) is 0 Å². The lowest BCUT2D eigenvalue weighted by Gasteiger charge is -1.99. The van der Waals surface area contributed by atoms with E-state index in [0.29, 0.717) is 12.0 Å². The van der Waals surface area contributed by atoms with E-state index in [1.807, 2.05) is 17.9 Å². The Morgan fingerprint density at radius 2 is 2.29 bits per heavy atom. The van der Waals surface area contributed by atoms with E-state index >= 15 is 0 Å². The van der Waals surface area contributed by atoms with Gasteiger partial charge in [0.05, 0.1) is 17.4 Å². The summed E-state index contributed by atoms with van der Waals surface area (Å²) in [6.07, 6.45) is 2.97. The third-order valence-electron chi connectivity index (χ3n) is 3.02. The average Bonchev–Trinajstić information content (AvgIpc) is 2.80. The smallest absolute Gasteiger partial charge is 0.0955 e. The van der Waals surface area contributed by atoms with Gasteiger partial charge in [-0.2, -0.15) is 0 Å². The summed E-state index contributed by atoms with van der Waals surface area (Å²) in [7, 11) is 2.01. The van der Waals surface area contributed by atoms with E-state index in [1.165, 1.54) is 11.1 Å². The lowest BCUT2D eigenvalue weighted by molar-refractivity contribution is 0.947. The molecule has 1 aromatic carbocycles. The zero-order chi connectivity index (χ0) is 9.71. The fourth-order valence-electron chi connectivity index (χ4n) is 1.98. The first kappa shape index (κ1) is 8.00. The maximum absolute atomic E-state index is 5.82. The molecule has 1 aliphatic rings. The van der Waals surface area contributed by atoms with Gasteiger partial charge in [-0.25, -0.2) is 4.98 Å². The zero-order valence-corrected chi connectivity index (χ0v) is 8.14. The number of imidazole rings is 1. The van der Waals surface area contributed by atoms with Crippen molar-refractivity contribution in [2.75, 3.05) is 0 Å². The van der Waals surface area contributed by atoms with Crippen molar-refractivity contribution in [1.82, 2.24) is 9.55 Å². The first-order valence-electron chi connectivity index (χ1n) is 4.92. The lowest BCUT2D eigenvalue weighted by Crippen LogP contribution is -2.00. The number of fused-ring (bicyclic) bond motifs is 1. The lowest BCUT2D eigenvalue weighted by atomic mass is 10.1. The number of rotatable bonds is 1. The molecule has 0 aliphatic heterocycles. The van der Waals surface area contributed by atoms with Crippen LogP contribution in [-0.2, 0) is 7.05 Å². The molecule has 3 heteroatoms. The molecule has 2 N–H and O–H groups in total. The largest absolute Gasteiger partial charge is 0.334 e. The molecule has 72 valence electrons. The fraction of sp³-hybridized carbons (Fsp3) is 0.364. The summed E-state index contributed by atoms with van der Waals surface area (Å²) in [5, 5.41) is 0. The number of nitrogens with zero attached hydrogens (tertiary/aromatic N) is 2. The number of hydrogen-bond donors (Lipinski definition) is 1. The predicted molar refractivity (Wildman–Crippen MR) is 56.0 cm³/mol. The molecule has 2 atom stereocenters. The van der Waals surface area contributed by atoms with Crippen LogP contribution in [-0.4, -0.2) is 15.6 Å². The molecule has 0 amide bonds. The van der Waals surface area contributed by atoms with Crippen LogP contribution in [0, 0.1) is 0 Å². The molecule has 0 radical (unpaired) electrons. The molecule has 3 rings (SSSR count). The predicted octanol–water partition coefficient (Wildman–Crippen LogP) is 1.39. The summed E-state index contributed by atoms with van der Waals surface area (Å²) >= 11 is 0. The monoisotopic (exact) mass is 187 g/mol. The summed E-state index contributed by atoms with van der Waals surface area (Å²) in [4.78, 5) is 4.34. The molecule has 1 fully saturated rings. The Kier molecular flexibility index (Phi) is 1.47. The van der Waals surface area contributed by atoms with Crippen molar-refractivity contribution in [2.45, 2.75) is 18.4 Å². The first-order chi connectivity index (χ1) is 6.75. The minimum absolute atomic E-state index is 0.371. The molecule has 1 saturated carbocycles. The zero-order valence-electron chi connectivity index (χ0n) is 8.14. The van der Waals surface area contributed by atoms with Crippen LogP contribution < -0.4 is 5.73 Å². The Balaban J connectivity index is 2.12. The van der Waals surface area contributed by atoms with Crippen molar-refractivity contribution in [1.29, 1.82) is 0 Å². The van der Waals surface area contributed by atoms with Gasteiger partial charge in [0.25, 0.3) is 0 Å². The SMILES string of the molecule is Cn1cnc2cc([C@@H]3C[C@H]3N)ccc21. The van der Waals surface area contributed by atoms with Crippen LogP contribution in [0.4, 0.5) is 0 Å². The van der Waals surface area contributed by atoms with Gasteiger partial charge in [0.15, 0.2) is 0 Å². The molecule has 3 nitrogen and oxygen atoms in total. The quantitative estimate of drug-likeness (QED) is 0.733. The molecule has 14 heavy (non-hydrogen) atoms. The summed E-state index contributed by atoms with van der Waals surface area (Å²) in [6, 6.07) is 6.83. The Morgan fingerprint density at radius 1 is 1.50 bits per heavy atom. The highest BCUT2D eigenvalue weighted by molar-refractivity contribution is 5.76. The average molecular weight is 187 g/mol. The Labute approximate surface area is 82.5 Å². The Morgan fingerprint density at radius 3 is 3.00 bits per heavy atom. The molecule has 0 bridgehead atoms. The maximum Gasteiger partial charge on any atom is 0.0955 e. The second-order valence-electron chi connectivity index (χ2n) is 4.11. The van der Waals surface area contributed by atoms with Gasteiger partial charge in [0.1, 0.15) is 0 Å². The third kappa shape index (κ3) is 1.06. The fourth-order valence-corrected chi connectivity index (χ4v) is 1.98. The third-order valence-corrected chi connectivity index (χ3v) is 3.02. The number of benzene rings is 1. The van der Waals surface area contributed by atoms with Gasteiger partial charge in [-0.15, -0.1) is 0 Å². The molecule has 1 aromatic heterocycles. The van der Waals surface area contributed by atoms with Crippen molar-refractivity contribution < 1.29 is 0 Å². The number of nitrogens with two attached hydrogens (primary N) is 1. The van der Waals surface area contributed by atoms with E-state index in [2.05, 4.69) is 23.2 Å². The molecule has 0 saturated heterocycles. The van der Waals surface area contributed by atoms with Crippen molar-refractivity contribution in [3.8, 4) is 0 Å². The molecular weight excluding hydrogens is 174 g/mol. The second kappa shape index (κ2) is 2.58. The normalized spacial score (nSPS) is 25.6. The highest BCUT2D eigenvalue weighted by Gasteiger charge is 2.34. The maximum atomic E-state index is 5.82. The van der Waals surface area contributed by atoms with Gasteiger partial charge in [0, 0.05) is 19.0 Å². The Bertz CT molecular complexity index is 486. The van der Waals surface area contributed by atoms with E-state index < -0.39 is 0 Å².